The zero-order valence-corrected chi connectivity index (χ0v) is 28.4. The Labute approximate surface area is 259 Å². The van der Waals surface area contributed by atoms with Gasteiger partial charge in [-0.05, 0) is 77.0 Å². The molecule has 0 rings (SSSR count). The minimum Gasteiger partial charge on any atom is -0.296 e. The number of unbranched alkanes of at least 4 members (excludes halogenated alkanes) is 18. The summed E-state index contributed by atoms with van der Waals surface area (Å²) >= 11 is 0. The maximum Gasteiger partial charge on any atom is 0.0793 e. The molecule has 41 heavy (non-hydrogen) atoms. The maximum atomic E-state index is 6.11. The number of rotatable bonds is 32. The molecule has 0 unspecified atom stereocenters. The summed E-state index contributed by atoms with van der Waals surface area (Å²) in [6.07, 6.45) is 53.2. The summed E-state index contributed by atoms with van der Waals surface area (Å²) in [6, 6.07) is 0. The Morgan fingerprint density at radius 2 is 0.732 bits per heavy atom. The molecule has 240 valence electrons. The Morgan fingerprint density at radius 3 is 1.07 bits per heavy atom. The molecular weight excluding hydrogens is 498 g/mol. The summed E-state index contributed by atoms with van der Waals surface area (Å²) in [5, 5.41) is 1.91. The molecule has 0 saturated heterocycles. The van der Waals surface area contributed by atoms with Gasteiger partial charge in [0.1, 0.15) is 0 Å². The maximum absolute atomic E-state index is 6.11. The largest absolute Gasteiger partial charge is 0.296 e. The number of hydroxylamine groups is 2. The molecule has 0 heterocycles. The molecular formula is C39H73NO. The van der Waals surface area contributed by atoms with E-state index in [1.165, 1.54) is 154 Å². The van der Waals surface area contributed by atoms with Crippen molar-refractivity contribution in [2.24, 2.45) is 0 Å². The van der Waals surface area contributed by atoms with Gasteiger partial charge in [0, 0.05) is 14.1 Å². The summed E-state index contributed by atoms with van der Waals surface area (Å²) in [7, 11) is 4.06. The Morgan fingerprint density at radius 1 is 0.415 bits per heavy atom. The van der Waals surface area contributed by atoms with Crippen LogP contribution in [0.15, 0.2) is 48.6 Å². The highest BCUT2D eigenvalue weighted by molar-refractivity contribution is 4.93. The van der Waals surface area contributed by atoms with E-state index in [4.69, 9.17) is 4.84 Å². The van der Waals surface area contributed by atoms with Crippen molar-refractivity contribution in [1.29, 1.82) is 0 Å². The Balaban J connectivity index is 3.62. The first kappa shape index (κ1) is 39.9. The average Bonchev–Trinajstić information content (AvgIpc) is 2.96. The highest BCUT2D eigenvalue weighted by Crippen LogP contribution is 2.18. The molecule has 0 saturated carbocycles. The van der Waals surface area contributed by atoms with Crippen LogP contribution in [-0.2, 0) is 4.84 Å². The van der Waals surface area contributed by atoms with E-state index >= 15 is 0 Å². The highest BCUT2D eigenvalue weighted by Gasteiger charge is 2.10. The lowest BCUT2D eigenvalue weighted by Gasteiger charge is -2.21. The van der Waals surface area contributed by atoms with E-state index in [1.54, 1.807) is 0 Å². The standard InChI is InChI=1S/C39H73NO/c1-5-7-9-11-13-15-17-19-21-23-25-27-29-31-33-35-37-39(41-40(3)4)38-36-34-32-30-28-26-24-22-20-18-16-14-12-10-8-6-2/h13-16,19-22,39H,5-12,17-18,23-38H2,1-4H3. The summed E-state index contributed by atoms with van der Waals surface area (Å²) in [4.78, 5) is 6.11. The van der Waals surface area contributed by atoms with Crippen LogP contribution in [0.25, 0.3) is 0 Å². The van der Waals surface area contributed by atoms with Crippen LogP contribution in [0.1, 0.15) is 181 Å². The third-order valence-corrected chi connectivity index (χ3v) is 7.81. The summed E-state index contributed by atoms with van der Waals surface area (Å²) in [6.45, 7) is 4.54. The number of hydrogen-bond acceptors (Lipinski definition) is 2. The zero-order chi connectivity index (χ0) is 29.9. The van der Waals surface area contributed by atoms with Gasteiger partial charge in [-0.15, -0.1) is 0 Å². The molecule has 0 bridgehead atoms. The monoisotopic (exact) mass is 572 g/mol. The highest BCUT2D eigenvalue weighted by atomic mass is 16.7. The van der Waals surface area contributed by atoms with Gasteiger partial charge >= 0.3 is 0 Å². The smallest absolute Gasteiger partial charge is 0.0793 e. The Hall–Kier alpha value is -1.12. The fourth-order valence-electron chi connectivity index (χ4n) is 5.27. The minimum atomic E-state index is 0.404. The number of hydrogen-bond donors (Lipinski definition) is 0. The molecule has 0 amide bonds. The van der Waals surface area contributed by atoms with Gasteiger partial charge in [-0.25, -0.2) is 0 Å². The van der Waals surface area contributed by atoms with E-state index in [1.807, 2.05) is 19.2 Å². The van der Waals surface area contributed by atoms with Crippen molar-refractivity contribution in [3.63, 3.8) is 0 Å². The van der Waals surface area contributed by atoms with E-state index in [0.717, 1.165) is 12.8 Å². The number of allylic oxidation sites excluding steroid dienone is 8. The van der Waals surface area contributed by atoms with E-state index in [-0.39, 0.29) is 0 Å². The van der Waals surface area contributed by atoms with E-state index in [9.17, 15) is 0 Å². The van der Waals surface area contributed by atoms with Crippen molar-refractivity contribution in [3.8, 4) is 0 Å². The lowest BCUT2D eigenvalue weighted by molar-refractivity contribution is -0.169. The zero-order valence-electron chi connectivity index (χ0n) is 28.4. The fraction of sp³-hybridized carbons (Fsp3) is 0.795. The molecule has 0 aromatic heterocycles. The normalized spacial score (nSPS) is 13.3. The van der Waals surface area contributed by atoms with Crippen molar-refractivity contribution in [3.05, 3.63) is 48.6 Å². The predicted octanol–water partition coefficient (Wildman–Crippen LogP) is 13.3. The van der Waals surface area contributed by atoms with Crippen LogP contribution >= 0.6 is 0 Å². The van der Waals surface area contributed by atoms with Crippen LogP contribution in [0.3, 0.4) is 0 Å². The lowest BCUT2D eigenvalue weighted by atomic mass is 10.0. The van der Waals surface area contributed by atoms with Gasteiger partial charge in [0.25, 0.3) is 0 Å². The molecule has 0 fully saturated rings. The van der Waals surface area contributed by atoms with Crippen LogP contribution < -0.4 is 0 Å². The summed E-state index contributed by atoms with van der Waals surface area (Å²) in [5.74, 6) is 0. The first-order valence-electron chi connectivity index (χ1n) is 18.1. The van der Waals surface area contributed by atoms with Crippen LogP contribution in [0.5, 0.6) is 0 Å². The van der Waals surface area contributed by atoms with Gasteiger partial charge in [-0.1, -0.05) is 152 Å². The Kier molecular flexibility index (Phi) is 34.1. The van der Waals surface area contributed by atoms with E-state index in [2.05, 4.69) is 62.5 Å². The second-order valence-electron chi connectivity index (χ2n) is 12.3. The average molecular weight is 572 g/mol. The Bertz CT molecular complexity index is 555. The third-order valence-electron chi connectivity index (χ3n) is 7.81. The molecule has 0 radical (unpaired) electrons. The van der Waals surface area contributed by atoms with Crippen LogP contribution in [0, 0.1) is 0 Å². The molecule has 0 aromatic rings. The van der Waals surface area contributed by atoms with Crippen molar-refractivity contribution in [2.75, 3.05) is 14.1 Å². The second-order valence-corrected chi connectivity index (χ2v) is 12.3. The summed E-state index contributed by atoms with van der Waals surface area (Å²) in [5.41, 5.74) is 0. The lowest BCUT2D eigenvalue weighted by Crippen LogP contribution is -2.23. The topological polar surface area (TPSA) is 12.5 Å². The molecule has 0 spiro atoms. The van der Waals surface area contributed by atoms with Crippen molar-refractivity contribution < 1.29 is 4.84 Å². The van der Waals surface area contributed by atoms with Gasteiger partial charge in [0.05, 0.1) is 6.10 Å². The van der Waals surface area contributed by atoms with Crippen LogP contribution in [-0.4, -0.2) is 25.3 Å². The minimum absolute atomic E-state index is 0.404. The summed E-state index contributed by atoms with van der Waals surface area (Å²) < 4.78 is 0. The molecule has 0 aliphatic carbocycles. The first-order valence-corrected chi connectivity index (χ1v) is 18.1. The number of nitrogens with zero attached hydrogens (tertiary/aromatic N) is 1. The van der Waals surface area contributed by atoms with E-state index in [0.29, 0.717) is 6.10 Å². The molecule has 0 N–H and O–H groups in total. The molecule has 0 aromatic carbocycles. The molecule has 0 aliphatic rings. The second kappa shape index (κ2) is 35.1. The predicted molar refractivity (Wildman–Crippen MR) is 187 cm³/mol. The molecule has 0 aliphatic heterocycles. The molecule has 2 heteroatoms. The van der Waals surface area contributed by atoms with Crippen LogP contribution in [0.2, 0.25) is 0 Å². The van der Waals surface area contributed by atoms with Crippen LogP contribution in [0.4, 0.5) is 0 Å². The first-order chi connectivity index (χ1) is 20.2. The van der Waals surface area contributed by atoms with Gasteiger partial charge in [-0.2, -0.15) is 5.06 Å². The van der Waals surface area contributed by atoms with Crippen molar-refractivity contribution in [2.45, 2.75) is 187 Å². The van der Waals surface area contributed by atoms with Crippen molar-refractivity contribution >= 4 is 0 Å². The van der Waals surface area contributed by atoms with Gasteiger partial charge in [0.2, 0.25) is 0 Å². The molecule has 0 atom stereocenters. The SMILES string of the molecule is CCCCCC=CCC=CCCCCCCCCC(CCCCCCCCC=CCC=CCCCCC)ON(C)C. The molecule has 2 nitrogen and oxygen atoms in total. The third kappa shape index (κ3) is 35.0. The van der Waals surface area contributed by atoms with Gasteiger partial charge < -0.3 is 0 Å². The van der Waals surface area contributed by atoms with E-state index < -0.39 is 0 Å². The fourth-order valence-corrected chi connectivity index (χ4v) is 5.27. The van der Waals surface area contributed by atoms with Gasteiger partial charge in [0.15, 0.2) is 0 Å². The van der Waals surface area contributed by atoms with Gasteiger partial charge in [-0.3, -0.25) is 4.84 Å². The quantitative estimate of drug-likeness (QED) is 0.0452. The van der Waals surface area contributed by atoms with Crippen molar-refractivity contribution in [1.82, 2.24) is 5.06 Å².